The van der Waals surface area contributed by atoms with E-state index >= 15 is 0 Å². The Labute approximate surface area is 135 Å². The summed E-state index contributed by atoms with van der Waals surface area (Å²) in [4.78, 5) is 13.6. The van der Waals surface area contributed by atoms with E-state index in [9.17, 15) is 17.6 Å². The van der Waals surface area contributed by atoms with Crippen molar-refractivity contribution in [3.8, 4) is 5.75 Å². The minimum Gasteiger partial charge on any atom is -0.489 e. The van der Waals surface area contributed by atoms with E-state index in [0.29, 0.717) is 11.3 Å². The van der Waals surface area contributed by atoms with Crippen molar-refractivity contribution in [2.24, 2.45) is 0 Å². The predicted molar refractivity (Wildman–Crippen MR) is 83.3 cm³/mol. The van der Waals surface area contributed by atoms with Gasteiger partial charge >= 0.3 is 5.76 Å². The predicted octanol–water partition coefficient (Wildman–Crippen LogP) is 1.85. The number of oxazole rings is 1. The molecule has 0 saturated carbocycles. The molecule has 0 fully saturated rings. The minimum absolute atomic E-state index is 0.0495. The number of anilines is 1. The van der Waals surface area contributed by atoms with E-state index < -0.39 is 21.6 Å². The lowest BCUT2D eigenvalue weighted by Crippen LogP contribution is -2.38. The average Bonchev–Trinajstić information content (AvgIpc) is 2.93. The highest BCUT2D eigenvalue weighted by atomic mass is 32.2. The summed E-state index contributed by atoms with van der Waals surface area (Å²) in [7, 11) is -3.96. The molecule has 0 unspecified atom stereocenters. The van der Waals surface area contributed by atoms with Crippen LogP contribution in [0.25, 0.3) is 11.1 Å². The van der Waals surface area contributed by atoms with Gasteiger partial charge in [-0.15, -0.1) is 0 Å². The Balaban J connectivity index is 1.85. The number of fused-ring (bicyclic) bond motifs is 2. The SMILES string of the molecule is O=c1[nH]c2ccc(S(=O)(=O)N3CCOc4ccc(F)cc43)cc2o1. The van der Waals surface area contributed by atoms with Gasteiger partial charge < -0.3 is 9.15 Å². The van der Waals surface area contributed by atoms with Gasteiger partial charge in [0.15, 0.2) is 5.58 Å². The third kappa shape index (κ3) is 2.24. The first-order valence-corrected chi connectivity index (χ1v) is 8.47. The largest absolute Gasteiger partial charge is 0.489 e. The molecule has 4 rings (SSSR count). The highest BCUT2D eigenvalue weighted by molar-refractivity contribution is 7.92. The maximum absolute atomic E-state index is 13.5. The number of halogens is 1. The summed E-state index contributed by atoms with van der Waals surface area (Å²) in [5.41, 5.74) is 0.665. The number of aromatic nitrogens is 1. The smallest absolute Gasteiger partial charge is 0.417 e. The Bertz CT molecular complexity index is 1100. The van der Waals surface area contributed by atoms with Crippen molar-refractivity contribution in [3.63, 3.8) is 0 Å². The number of H-pyrrole nitrogens is 1. The molecule has 1 N–H and O–H groups in total. The van der Waals surface area contributed by atoms with Gasteiger partial charge in [0.2, 0.25) is 0 Å². The fraction of sp³-hybridized carbons (Fsp3) is 0.133. The molecule has 9 heteroatoms. The summed E-state index contributed by atoms with van der Waals surface area (Å²) >= 11 is 0. The molecule has 0 saturated heterocycles. The van der Waals surface area contributed by atoms with Gasteiger partial charge in [0.25, 0.3) is 10.0 Å². The number of sulfonamides is 1. The van der Waals surface area contributed by atoms with Gasteiger partial charge in [-0.05, 0) is 24.3 Å². The van der Waals surface area contributed by atoms with Crippen LogP contribution >= 0.6 is 0 Å². The van der Waals surface area contributed by atoms with Crippen molar-refractivity contribution in [1.29, 1.82) is 0 Å². The van der Waals surface area contributed by atoms with Crippen LogP contribution in [0.5, 0.6) is 5.75 Å². The van der Waals surface area contributed by atoms with Crippen LogP contribution in [0.4, 0.5) is 10.1 Å². The second kappa shape index (κ2) is 5.10. The van der Waals surface area contributed by atoms with Gasteiger partial charge in [0.1, 0.15) is 18.2 Å². The second-order valence-corrected chi connectivity index (χ2v) is 7.07. The molecule has 7 nitrogen and oxygen atoms in total. The quantitative estimate of drug-likeness (QED) is 0.761. The lowest BCUT2D eigenvalue weighted by molar-refractivity contribution is 0.315. The third-order valence-electron chi connectivity index (χ3n) is 3.72. The summed E-state index contributed by atoms with van der Waals surface area (Å²) in [5.74, 6) is -0.939. The van der Waals surface area contributed by atoms with E-state index in [1.54, 1.807) is 0 Å². The maximum atomic E-state index is 13.5. The van der Waals surface area contributed by atoms with Gasteiger partial charge in [-0.3, -0.25) is 9.29 Å². The van der Waals surface area contributed by atoms with Gasteiger partial charge in [0.05, 0.1) is 22.6 Å². The number of nitrogens with zero attached hydrogens (tertiary/aromatic N) is 1. The van der Waals surface area contributed by atoms with E-state index in [0.717, 1.165) is 10.4 Å². The van der Waals surface area contributed by atoms with E-state index in [1.807, 2.05) is 0 Å². The first-order chi connectivity index (χ1) is 11.4. The molecule has 0 spiro atoms. The average molecular weight is 350 g/mol. The zero-order chi connectivity index (χ0) is 16.9. The first kappa shape index (κ1) is 14.8. The molecule has 1 aliphatic heterocycles. The van der Waals surface area contributed by atoms with Crippen molar-refractivity contribution in [1.82, 2.24) is 4.98 Å². The molecule has 2 heterocycles. The molecule has 0 amide bonds. The molecule has 124 valence electrons. The van der Waals surface area contributed by atoms with Crippen LogP contribution in [-0.2, 0) is 10.0 Å². The van der Waals surface area contributed by atoms with Crippen LogP contribution in [0.15, 0.2) is 50.5 Å². The van der Waals surface area contributed by atoms with E-state index in [-0.39, 0.29) is 29.3 Å². The normalized spacial score (nSPS) is 14.5. The summed E-state index contributed by atoms with van der Waals surface area (Å²) in [6.45, 7) is 0.202. The standard InChI is InChI=1S/C15H11FN2O5S/c16-9-1-4-13-12(7-9)18(5-6-22-13)24(20,21)10-2-3-11-14(8-10)23-15(19)17-11/h1-4,7-8H,5-6H2,(H,17,19). The van der Waals surface area contributed by atoms with Crippen molar-refractivity contribution < 1.29 is 22.0 Å². The summed E-state index contributed by atoms with van der Waals surface area (Å²) < 4.78 is 50.8. The number of hydrogen-bond donors (Lipinski definition) is 1. The highest BCUT2D eigenvalue weighted by Crippen LogP contribution is 2.36. The van der Waals surface area contributed by atoms with Crippen molar-refractivity contribution in [2.75, 3.05) is 17.5 Å². The fourth-order valence-electron chi connectivity index (χ4n) is 2.63. The molecule has 1 aromatic heterocycles. The topological polar surface area (TPSA) is 92.6 Å². The van der Waals surface area contributed by atoms with Crippen LogP contribution in [0.3, 0.4) is 0 Å². The molecule has 0 radical (unpaired) electrons. The number of ether oxygens (including phenoxy) is 1. The lowest BCUT2D eigenvalue weighted by Gasteiger charge is -2.30. The van der Waals surface area contributed by atoms with E-state index in [2.05, 4.69) is 4.98 Å². The third-order valence-corrected chi connectivity index (χ3v) is 5.53. The highest BCUT2D eigenvalue weighted by Gasteiger charge is 2.31. The number of aromatic amines is 1. The van der Waals surface area contributed by atoms with E-state index in [1.165, 1.54) is 30.3 Å². The molecule has 0 aliphatic carbocycles. The van der Waals surface area contributed by atoms with Crippen LogP contribution in [0.1, 0.15) is 0 Å². The Kier molecular flexibility index (Phi) is 3.14. The molecular weight excluding hydrogens is 339 g/mol. The maximum Gasteiger partial charge on any atom is 0.417 e. The van der Waals surface area contributed by atoms with Gasteiger partial charge in [-0.2, -0.15) is 0 Å². The van der Waals surface area contributed by atoms with Crippen LogP contribution in [0, 0.1) is 5.82 Å². The monoisotopic (exact) mass is 350 g/mol. The number of hydrogen-bond acceptors (Lipinski definition) is 5. The van der Waals surface area contributed by atoms with Gasteiger partial charge in [-0.25, -0.2) is 17.6 Å². The molecule has 24 heavy (non-hydrogen) atoms. The van der Waals surface area contributed by atoms with Gasteiger partial charge in [-0.1, -0.05) is 0 Å². The molecule has 3 aromatic rings. The Morgan fingerprint density at radius 3 is 2.83 bits per heavy atom. The van der Waals surface area contributed by atoms with Crippen LogP contribution in [-0.4, -0.2) is 26.6 Å². The fourth-order valence-corrected chi connectivity index (χ4v) is 4.10. The Hall–Kier alpha value is -2.81. The number of benzene rings is 2. The molecule has 0 atom stereocenters. The minimum atomic E-state index is -3.96. The number of nitrogens with one attached hydrogen (secondary N) is 1. The van der Waals surface area contributed by atoms with Crippen molar-refractivity contribution in [2.45, 2.75) is 4.90 Å². The van der Waals surface area contributed by atoms with Crippen molar-refractivity contribution >= 4 is 26.8 Å². The van der Waals surface area contributed by atoms with E-state index in [4.69, 9.17) is 9.15 Å². The molecule has 2 aromatic carbocycles. The van der Waals surface area contributed by atoms with Crippen LogP contribution in [0.2, 0.25) is 0 Å². The lowest BCUT2D eigenvalue weighted by atomic mass is 10.2. The summed E-state index contributed by atoms with van der Waals surface area (Å²) in [5, 5.41) is 0. The second-order valence-electron chi connectivity index (χ2n) is 5.21. The summed E-state index contributed by atoms with van der Waals surface area (Å²) in [6, 6.07) is 7.77. The molecular formula is C15H11FN2O5S. The van der Waals surface area contributed by atoms with Gasteiger partial charge in [0, 0.05) is 12.1 Å². The first-order valence-electron chi connectivity index (χ1n) is 7.03. The molecule has 1 aliphatic rings. The van der Waals surface area contributed by atoms with Crippen LogP contribution < -0.4 is 14.8 Å². The Morgan fingerprint density at radius 1 is 1.17 bits per heavy atom. The zero-order valence-electron chi connectivity index (χ0n) is 12.2. The van der Waals surface area contributed by atoms with Crippen molar-refractivity contribution in [3.05, 3.63) is 52.8 Å². The summed E-state index contributed by atoms with van der Waals surface area (Å²) in [6.07, 6.45) is 0. The zero-order valence-corrected chi connectivity index (χ0v) is 13.0. The molecule has 0 bridgehead atoms. The number of rotatable bonds is 2. The Morgan fingerprint density at radius 2 is 2.00 bits per heavy atom.